The van der Waals surface area contributed by atoms with Gasteiger partial charge in [-0.15, -0.1) is 0 Å². The summed E-state index contributed by atoms with van der Waals surface area (Å²) in [4.78, 5) is 23.1. The highest BCUT2D eigenvalue weighted by atomic mass is 16.6. The third-order valence-electron chi connectivity index (χ3n) is 3.42. The molecule has 22 heavy (non-hydrogen) atoms. The lowest BCUT2D eigenvalue weighted by Gasteiger charge is -2.21. The summed E-state index contributed by atoms with van der Waals surface area (Å²) in [5, 5.41) is 12.9. The number of cyclic esters (lactones) is 1. The lowest BCUT2D eigenvalue weighted by Crippen LogP contribution is -2.41. The Morgan fingerprint density at radius 2 is 2.14 bits per heavy atom. The number of ether oxygens (including phenoxy) is 2. The van der Waals surface area contributed by atoms with Gasteiger partial charge < -0.3 is 19.9 Å². The fourth-order valence-corrected chi connectivity index (χ4v) is 2.32. The molecule has 0 saturated carbocycles. The lowest BCUT2D eigenvalue weighted by molar-refractivity contribution is 0.0534. The maximum Gasteiger partial charge on any atom is 0.407 e. The summed E-state index contributed by atoms with van der Waals surface area (Å²) in [5.74, 6) is -0.347. The average Bonchev–Trinajstić information content (AvgIpc) is 2.77. The van der Waals surface area contributed by atoms with Crippen molar-refractivity contribution in [3.05, 3.63) is 34.4 Å². The summed E-state index contributed by atoms with van der Waals surface area (Å²) in [6.07, 6.45) is -1.53. The van der Waals surface area contributed by atoms with Gasteiger partial charge in [0.05, 0.1) is 5.56 Å². The van der Waals surface area contributed by atoms with Crippen molar-refractivity contribution < 1.29 is 24.2 Å². The zero-order valence-electron chi connectivity index (χ0n) is 13.2. The third-order valence-corrected chi connectivity index (χ3v) is 3.42. The van der Waals surface area contributed by atoms with Gasteiger partial charge in [0.15, 0.2) is 0 Å². The van der Waals surface area contributed by atoms with Crippen LogP contribution in [0.25, 0.3) is 0 Å². The van der Waals surface area contributed by atoms with E-state index in [4.69, 9.17) is 9.47 Å². The molecule has 1 atom stereocenters. The van der Waals surface area contributed by atoms with Gasteiger partial charge in [0.1, 0.15) is 19.3 Å². The molecule has 1 amide bonds. The van der Waals surface area contributed by atoms with E-state index in [1.807, 2.05) is 27.7 Å². The van der Waals surface area contributed by atoms with Gasteiger partial charge in [-0.1, -0.05) is 6.07 Å². The number of aliphatic hydroxyl groups excluding tert-OH is 1. The van der Waals surface area contributed by atoms with Crippen molar-refractivity contribution in [2.24, 2.45) is 0 Å². The number of carbonyl (C=O) groups is 2. The molecule has 0 fully saturated rings. The van der Waals surface area contributed by atoms with Crippen LogP contribution in [0.2, 0.25) is 0 Å². The first-order chi connectivity index (χ1) is 10.2. The van der Waals surface area contributed by atoms with E-state index >= 15 is 0 Å². The third kappa shape index (κ3) is 3.57. The van der Waals surface area contributed by atoms with Crippen LogP contribution in [0, 0.1) is 6.92 Å². The standard InChI is InChI=1S/C16H21NO5/c1-9-10(5-6-11-12(9)7-21-14(11)19)13(18)8-22-15(20)17-16(2,3)4/h5-6,13,18H,7-8H2,1-4H3,(H,17,20)/t13-/m1/s1. The van der Waals surface area contributed by atoms with Crippen LogP contribution in [0.1, 0.15) is 53.9 Å². The molecule has 6 heteroatoms. The SMILES string of the molecule is Cc1c([C@H](O)COC(=O)NC(C)(C)C)ccc2c1COC2=O. The van der Waals surface area contributed by atoms with E-state index in [1.54, 1.807) is 12.1 Å². The molecule has 0 unspecified atom stereocenters. The Balaban J connectivity index is 2.04. The molecule has 0 radical (unpaired) electrons. The fourth-order valence-electron chi connectivity index (χ4n) is 2.32. The first-order valence-corrected chi connectivity index (χ1v) is 7.11. The minimum absolute atomic E-state index is 0.156. The summed E-state index contributed by atoms with van der Waals surface area (Å²) in [6.45, 7) is 7.39. The molecular weight excluding hydrogens is 286 g/mol. The van der Waals surface area contributed by atoms with Crippen LogP contribution in [-0.2, 0) is 16.1 Å². The quantitative estimate of drug-likeness (QED) is 0.836. The molecule has 1 aliphatic rings. The first-order valence-electron chi connectivity index (χ1n) is 7.11. The first kappa shape index (κ1) is 16.3. The van der Waals surface area contributed by atoms with E-state index in [-0.39, 0.29) is 19.2 Å². The monoisotopic (exact) mass is 307 g/mol. The highest BCUT2D eigenvalue weighted by Gasteiger charge is 2.26. The molecule has 0 aliphatic carbocycles. The van der Waals surface area contributed by atoms with Crippen molar-refractivity contribution >= 4 is 12.1 Å². The lowest BCUT2D eigenvalue weighted by atomic mass is 9.96. The van der Waals surface area contributed by atoms with Crippen molar-refractivity contribution in [2.75, 3.05) is 6.61 Å². The van der Waals surface area contributed by atoms with Crippen LogP contribution in [0.4, 0.5) is 4.79 Å². The van der Waals surface area contributed by atoms with Gasteiger partial charge in [0, 0.05) is 11.1 Å². The smallest absolute Gasteiger partial charge is 0.407 e. The normalized spacial score (nSPS) is 15.0. The molecular formula is C16H21NO5. The fraction of sp³-hybridized carbons (Fsp3) is 0.500. The minimum atomic E-state index is -0.952. The second kappa shape index (κ2) is 5.96. The molecule has 0 spiro atoms. The zero-order chi connectivity index (χ0) is 16.5. The van der Waals surface area contributed by atoms with Gasteiger partial charge in [-0.3, -0.25) is 0 Å². The van der Waals surface area contributed by atoms with Crippen molar-refractivity contribution in [2.45, 2.75) is 45.9 Å². The molecule has 1 aromatic rings. The number of hydrogen-bond acceptors (Lipinski definition) is 5. The molecule has 2 rings (SSSR count). The minimum Gasteiger partial charge on any atom is -0.457 e. The summed E-state index contributed by atoms with van der Waals surface area (Å²) >= 11 is 0. The van der Waals surface area contributed by atoms with Crippen molar-refractivity contribution in [3.8, 4) is 0 Å². The summed E-state index contributed by atoms with van der Waals surface area (Å²) in [6, 6.07) is 3.29. The molecule has 0 bridgehead atoms. The van der Waals surface area contributed by atoms with Gasteiger partial charge in [-0.25, -0.2) is 9.59 Å². The van der Waals surface area contributed by atoms with Crippen LogP contribution in [0.3, 0.4) is 0 Å². The maximum atomic E-state index is 11.6. The summed E-state index contributed by atoms with van der Waals surface area (Å²) in [7, 11) is 0. The maximum absolute atomic E-state index is 11.6. The van der Waals surface area contributed by atoms with Crippen LogP contribution in [0.15, 0.2) is 12.1 Å². The molecule has 0 aromatic heterocycles. The van der Waals surface area contributed by atoms with Crippen LogP contribution in [0.5, 0.6) is 0 Å². The number of benzene rings is 1. The number of carbonyl (C=O) groups excluding carboxylic acids is 2. The predicted octanol–water partition coefficient (Wildman–Crippen LogP) is 2.22. The Hall–Kier alpha value is -2.08. The van der Waals surface area contributed by atoms with E-state index in [0.29, 0.717) is 11.1 Å². The van der Waals surface area contributed by atoms with Gasteiger partial charge in [-0.05, 0) is 44.9 Å². The van der Waals surface area contributed by atoms with Crippen LogP contribution in [-0.4, -0.2) is 29.3 Å². The van der Waals surface area contributed by atoms with Crippen LogP contribution < -0.4 is 5.32 Å². The number of rotatable bonds is 3. The second-order valence-electron chi connectivity index (χ2n) is 6.37. The van der Waals surface area contributed by atoms with E-state index in [2.05, 4.69) is 5.32 Å². The highest BCUT2D eigenvalue weighted by molar-refractivity contribution is 5.93. The number of nitrogens with one attached hydrogen (secondary N) is 1. The van der Waals surface area contributed by atoms with E-state index in [9.17, 15) is 14.7 Å². The molecule has 1 aliphatic heterocycles. The average molecular weight is 307 g/mol. The van der Waals surface area contributed by atoms with Gasteiger partial charge in [0.2, 0.25) is 0 Å². The van der Waals surface area contributed by atoms with Crippen molar-refractivity contribution in [1.82, 2.24) is 5.32 Å². The van der Waals surface area contributed by atoms with E-state index in [0.717, 1.165) is 11.1 Å². The Bertz CT molecular complexity index is 603. The molecule has 2 N–H and O–H groups in total. The molecule has 0 saturated heterocycles. The largest absolute Gasteiger partial charge is 0.457 e. The number of hydrogen-bond donors (Lipinski definition) is 2. The van der Waals surface area contributed by atoms with E-state index < -0.39 is 17.7 Å². The second-order valence-corrected chi connectivity index (χ2v) is 6.37. The number of alkyl carbamates (subject to hydrolysis) is 1. The molecule has 1 heterocycles. The number of fused-ring (bicyclic) bond motifs is 1. The van der Waals surface area contributed by atoms with Crippen molar-refractivity contribution in [3.63, 3.8) is 0 Å². The molecule has 1 aromatic carbocycles. The number of esters is 1. The van der Waals surface area contributed by atoms with Gasteiger partial charge >= 0.3 is 12.1 Å². The van der Waals surface area contributed by atoms with E-state index in [1.165, 1.54) is 0 Å². The zero-order valence-corrected chi connectivity index (χ0v) is 13.2. The Morgan fingerprint density at radius 3 is 2.77 bits per heavy atom. The molecule has 120 valence electrons. The number of amides is 1. The predicted molar refractivity (Wildman–Crippen MR) is 79.5 cm³/mol. The van der Waals surface area contributed by atoms with Gasteiger partial charge in [0.25, 0.3) is 0 Å². The van der Waals surface area contributed by atoms with Gasteiger partial charge in [-0.2, -0.15) is 0 Å². The van der Waals surface area contributed by atoms with Crippen LogP contribution >= 0.6 is 0 Å². The molecule has 6 nitrogen and oxygen atoms in total. The summed E-state index contributed by atoms with van der Waals surface area (Å²) < 4.78 is 10.0. The van der Waals surface area contributed by atoms with Crippen molar-refractivity contribution in [1.29, 1.82) is 0 Å². The Labute approximate surface area is 129 Å². The Morgan fingerprint density at radius 1 is 1.45 bits per heavy atom. The highest BCUT2D eigenvalue weighted by Crippen LogP contribution is 2.29. The summed E-state index contributed by atoms with van der Waals surface area (Å²) in [5.41, 5.74) is 2.32. The number of aliphatic hydroxyl groups is 1. The topological polar surface area (TPSA) is 84.9 Å². The Kier molecular flexibility index (Phi) is 4.42.